The zero-order valence-electron chi connectivity index (χ0n) is 10.7. The number of carbonyl (C=O) groups excluding carboxylic acids is 1. The van der Waals surface area contributed by atoms with Crippen molar-refractivity contribution in [2.75, 3.05) is 19.0 Å². The summed E-state index contributed by atoms with van der Waals surface area (Å²) in [5.41, 5.74) is 9.81. The van der Waals surface area contributed by atoms with Crippen molar-refractivity contribution in [2.24, 2.45) is 5.73 Å². The fourth-order valence-corrected chi connectivity index (χ4v) is 1.75. The first-order valence-electron chi connectivity index (χ1n) is 5.68. The minimum absolute atomic E-state index is 0.0400. The number of methoxy groups -OCH3 is 1. The number of carbonyl (C=O) groups is 1. The molecule has 0 saturated carbocycles. The maximum atomic E-state index is 11.6. The summed E-state index contributed by atoms with van der Waals surface area (Å²) in [6, 6.07) is 3.88. The molecule has 0 aliphatic rings. The number of benzene rings is 1. The molecule has 94 valence electrons. The second-order valence-electron chi connectivity index (χ2n) is 4.03. The van der Waals surface area contributed by atoms with Crippen LogP contribution in [0.15, 0.2) is 12.1 Å². The Hall–Kier alpha value is -1.39. The molecular formula is C13H20N2O2. The Balaban J connectivity index is 2.81. The molecule has 1 amide bonds. The van der Waals surface area contributed by atoms with E-state index < -0.39 is 0 Å². The van der Waals surface area contributed by atoms with Crippen LogP contribution in [0.25, 0.3) is 0 Å². The second kappa shape index (κ2) is 6.37. The van der Waals surface area contributed by atoms with Crippen molar-refractivity contribution in [1.29, 1.82) is 0 Å². The number of hydrogen-bond acceptors (Lipinski definition) is 3. The van der Waals surface area contributed by atoms with Gasteiger partial charge in [0.15, 0.2) is 0 Å². The maximum absolute atomic E-state index is 11.6. The van der Waals surface area contributed by atoms with Gasteiger partial charge in [-0.2, -0.15) is 0 Å². The molecule has 0 aliphatic heterocycles. The first-order chi connectivity index (χ1) is 8.10. The van der Waals surface area contributed by atoms with Crippen LogP contribution in [0.1, 0.15) is 23.1 Å². The van der Waals surface area contributed by atoms with Gasteiger partial charge in [-0.05, 0) is 36.6 Å². The summed E-state index contributed by atoms with van der Waals surface area (Å²) in [4.78, 5) is 11.6. The van der Waals surface area contributed by atoms with E-state index in [0.717, 1.165) is 22.4 Å². The van der Waals surface area contributed by atoms with Gasteiger partial charge in [-0.1, -0.05) is 6.07 Å². The predicted molar refractivity (Wildman–Crippen MR) is 68.9 cm³/mol. The molecule has 0 fully saturated rings. The standard InChI is InChI=1S/C13H20N2O2/c1-9-4-5-12(10(2)11(9)8-14)15-13(16)6-7-17-3/h4-5H,6-8,14H2,1-3H3,(H,15,16). The lowest BCUT2D eigenvalue weighted by Gasteiger charge is -2.13. The molecular weight excluding hydrogens is 216 g/mol. The monoisotopic (exact) mass is 236 g/mol. The van der Waals surface area contributed by atoms with Crippen molar-refractivity contribution in [2.45, 2.75) is 26.8 Å². The molecule has 0 radical (unpaired) electrons. The van der Waals surface area contributed by atoms with Crippen molar-refractivity contribution in [1.82, 2.24) is 0 Å². The van der Waals surface area contributed by atoms with Gasteiger partial charge in [-0.3, -0.25) is 4.79 Å². The lowest BCUT2D eigenvalue weighted by molar-refractivity contribution is -0.117. The summed E-state index contributed by atoms with van der Waals surface area (Å²) in [6.45, 7) is 4.91. The van der Waals surface area contributed by atoms with E-state index in [-0.39, 0.29) is 5.91 Å². The van der Waals surface area contributed by atoms with Crippen LogP contribution in [0.4, 0.5) is 5.69 Å². The number of rotatable bonds is 5. The smallest absolute Gasteiger partial charge is 0.226 e. The highest BCUT2D eigenvalue weighted by Crippen LogP contribution is 2.22. The average Bonchev–Trinajstić information content (AvgIpc) is 2.31. The average molecular weight is 236 g/mol. The number of hydrogen-bond donors (Lipinski definition) is 2. The van der Waals surface area contributed by atoms with E-state index in [0.29, 0.717) is 19.6 Å². The molecule has 0 aromatic heterocycles. The van der Waals surface area contributed by atoms with Gasteiger partial charge >= 0.3 is 0 Å². The highest BCUT2D eigenvalue weighted by Gasteiger charge is 2.08. The molecule has 1 rings (SSSR count). The van der Waals surface area contributed by atoms with Crippen molar-refractivity contribution in [3.05, 3.63) is 28.8 Å². The van der Waals surface area contributed by atoms with Gasteiger partial charge < -0.3 is 15.8 Å². The van der Waals surface area contributed by atoms with E-state index in [1.807, 2.05) is 26.0 Å². The third-order valence-corrected chi connectivity index (χ3v) is 2.84. The summed E-state index contributed by atoms with van der Waals surface area (Å²) in [5, 5.41) is 2.87. The molecule has 17 heavy (non-hydrogen) atoms. The van der Waals surface area contributed by atoms with Crippen LogP contribution in [0.5, 0.6) is 0 Å². The number of anilines is 1. The Kier molecular flexibility index (Phi) is 5.12. The van der Waals surface area contributed by atoms with Crippen LogP contribution in [0, 0.1) is 13.8 Å². The summed E-state index contributed by atoms with van der Waals surface area (Å²) in [5.74, 6) is -0.0400. The van der Waals surface area contributed by atoms with E-state index in [1.165, 1.54) is 0 Å². The Morgan fingerprint density at radius 1 is 1.41 bits per heavy atom. The lowest BCUT2D eigenvalue weighted by atomic mass is 10.0. The molecule has 4 heteroatoms. The van der Waals surface area contributed by atoms with Crippen molar-refractivity contribution >= 4 is 11.6 Å². The van der Waals surface area contributed by atoms with Gasteiger partial charge in [-0.25, -0.2) is 0 Å². The summed E-state index contributed by atoms with van der Waals surface area (Å²) < 4.78 is 4.86. The highest BCUT2D eigenvalue weighted by molar-refractivity contribution is 5.91. The Morgan fingerprint density at radius 3 is 2.71 bits per heavy atom. The fraction of sp³-hybridized carbons (Fsp3) is 0.462. The molecule has 0 heterocycles. The SMILES string of the molecule is COCCC(=O)Nc1ccc(C)c(CN)c1C. The third kappa shape index (κ3) is 3.54. The van der Waals surface area contributed by atoms with Crippen LogP contribution in [-0.4, -0.2) is 19.6 Å². The molecule has 0 aliphatic carbocycles. The Morgan fingerprint density at radius 2 is 2.12 bits per heavy atom. The van der Waals surface area contributed by atoms with Crippen LogP contribution in [-0.2, 0) is 16.1 Å². The van der Waals surface area contributed by atoms with Crippen LogP contribution < -0.4 is 11.1 Å². The number of nitrogens with two attached hydrogens (primary N) is 1. The molecule has 1 aromatic carbocycles. The van der Waals surface area contributed by atoms with Gasteiger partial charge in [0.25, 0.3) is 0 Å². The van der Waals surface area contributed by atoms with E-state index >= 15 is 0 Å². The molecule has 0 saturated heterocycles. The zero-order valence-corrected chi connectivity index (χ0v) is 10.7. The van der Waals surface area contributed by atoms with Crippen molar-refractivity contribution in [3.8, 4) is 0 Å². The number of nitrogens with one attached hydrogen (secondary N) is 1. The highest BCUT2D eigenvalue weighted by atomic mass is 16.5. The van der Waals surface area contributed by atoms with E-state index in [1.54, 1.807) is 7.11 Å². The topological polar surface area (TPSA) is 64.3 Å². The minimum atomic E-state index is -0.0400. The summed E-state index contributed by atoms with van der Waals surface area (Å²) in [6.07, 6.45) is 0.363. The zero-order chi connectivity index (χ0) is 12.8. The van der Waals surface area contributed by atoms with Crippen molar-refractivity contribution in [3.63, 3.8) is 0 Å². The van der Waals surface area contributed by atoms with Crippen LogP contribution in [0.2, 0.25) is 0 Å². The maximum Gasteiger partial charge on any atom is 0.226 e. The largest absolute Gasteiger partial charge is 0.384 e. The summed E-state index contributed by atoms with van der Waals surface area (Å²) in [7, 11) is 1.58. The quantitative estimate of drug-likeness (QED) is 0.818. The molecule has 0 atom stereocenters. The second-order valence-corrected chi connectivity index (χ2v) is 4.03. The lowest BCUT2D eigenvalue weighted by Crippen LogP contribution is -2.15. The first-order valence-corrected chi connectivity index (χ1v) is 5.68. The molecule has 0 bridgehead atoms. The summed E-state index contributed by atoms with van der Waals surface area (Å²) >= 11 is 0. The van der Waals surface area contributed by atoms with Crippen LogP contribution >= 0.6 is 0 Å². The Bertz CT molecular complexity index is 403. The normalized spacial score (nSPS) is 10.4. The predicted octanol–water partition coefficient (Wildman–Crippen LogP) is 1.74. The van der Waals surface area contributed by atoms with Crippen LogP contribution in [0.3, 0.4) is 0 Å². The van der Waals surface area contributed by atoms with Gasteiger partial charge in [0.05, 0.1) is 13.0 Å². The Labute approximate surface area is 102 Å². The van der Waals surface area contributed by atoms with Crippen molar-refractivity contribution < 1.29 is 9.53 Å². The molecule has 3 N–H and O–H groups in total. The van der Waals surface area contributed by atoms with Gasteiger partial charge in [-0.15, -0.1) is 0 Å². The number of amides is 1. The molecule has 1 aromatic rings. The molecule has 4 nitrogen and oxygen atoms in total. The van der Waals surface area contributed by atoms with E-state index in [4.69, 9.17) is 10.5 Å². The number of aryl methyl sites for hydroxylation is 1. The first kappa shape index (κ1) is 13.7. The van der Waals surface area contributed by atoms with Gasteiger partial charge in [0.1, 0.15) is 0 Å². The van der Waals surface area contributed by atoms with E-state index in [9.17, 15) is 4.79 Å². The third-order valence-electron chi connectivity index (χ3n) is 2.84. The van der Waals surface area contributed by atoms with Gasteiger partial charge in [0, 0.05) is 19.3 Å². The fourth-order valence-electron chi connectivity index (χ4n) is 1.75. The number of ether oxygens (including phenoxy) is 1. The van der Waals surface area contributed by atoms with Gasteiger partial charge in [0.2, 0.25) is 5.91 Å². The molecule has 0 unspecified atom stereocenters. The minimum Gasteiger partial charge on any atom is -0.384 e. The van der Waals surface area contributed by atoms with E-state index in [2.05, 4.69) is 5.32 Å². The molecule has 0 spiro atoms.